The lowest BCUT2D eigenvalue weighted by molar-refractivity contribution is 0.710. The molecule has 9 heavy (non-hydrogen) atoms. The lowest BCUT2D eigenvalue weighted by Crippen LogP contribution is -1.98. The van der Waals surface area contributed by atoms with Gasteiger partial charge in [0.25, 0.3) is 0 Å². The van der Waals surface area contributed by atoms with Crippen LogP contribution in [0.25, 0.3) is 0 Å². The molecule has 0 amide bonds. The lowest BCUT2D eigenvalue weighted by atomic mass is 10.2. The molecule has 1 rings (SSSR count). The van der Waals surface area contributed by atoms with Crippen LogP contribution in [0.1, 0.15) is 25.7 Å². The zero-order valence-electron chi connectivity index (χ0n) is 5.31. The molecule has 1 fully saturated rings. The lowest BCUT2D eigenvalue weighted by Gasteiger charge is -2.01. The van der Waals surface area contributed by atoms with Crippen molar-refractivity contribution >= 4 is 15.9 Å². The first kappa shape index (κ1) is 7.08. The molecule has 0 aromatic rings. The van der Waals surface area contributed by atoms with Crippen LogP contribution in [-0.2, 0) is 0 Å². The van der Waals surface area contributed by atoms with E-state index in [4.69, 9.17) is 5.26 Å². The Labute approximate surface area is 64.2 Å². The standard InChI is InChI=1S/C7H10BrN/c8-7(2-1-5-9)6-3-4-6/h6-7H,1-4H2. The molecule has 0 aliphatic heterocycles. The Morgan fingerprint density at radius 2 is 2.33 bits per heavy atom. The van der Waals surface area contributed by atoms with Crippen LogP contribution in [-0.4, -0.2) is 4.83 Å². The molecule has 50 valence electrons. The van der Waals surface area contributed by atoms with Crippen molar-refractivity contribution in [2.45, 2.75) is 30.5 Å². The minimum absolute atomic E-state index is 0.622. The summed E-state index contributed by atoms with van der Waals surface area (Å²) in [5.74, 6) is 0.887. The van der Waals surface area contributed by atoms with Crippen molar-refractivity contribution in [3.05, 3.63) is 0 Å². The zero-order chi connectivity index (χ0) is 6.69. The van der Waals surface area contributed by atoms with E-state index in [1.165, 1.54) is 12.8 Å². The van der Waals surface area contributed by atoms with Gasteiger partial charge in [0.15, 0.2) is 0 Å². The highest BCUT2D eigenvalue weighted by atomic mass is 79.9. The Kier molecular flexibility index (Phi) is 2.53. The maximum absolute atomic E-state index is 8.25. The van der Waals surface area contributed by atoms with Crippen molar-refractivity contribution in [1.82, 2.24) is 0 Å². The molecule has 1 saturated carbocycles. The molecular formula is C7H10BrN. The number of alkyl halides is 1. The Balaban J connectivity index is 2.04. The molecule has 2 heteroatoms. The average Bonchev–Trinajstić information content (AvgIpc) is 2.63. The van der Waals surface area contributed by atoms with Gasteiger partial charge in [-0.1, -0.05) is 15.9 Å². The molecule has 0 aromatic carbocycles. The summed E-state index contributed by atoms with van der Waals surface area (Å²) in [6.07, 6.45) is 4.45. The van der Waals surface area contributed by atoms with Crippen LogP contribution in [0.3, 0.4) is 0 Å². The fourth-order valence-corrected chi connectivity index (χ4v) is 1.65. The van der Waals surface area contributed by atoms with Gasteiger partial charge in [0.05, 0.1) is 6.07 Å². The first-order valence-corrected chi connectivity index (χ1v) is 4.27. The molecule has 1 nitrogen and oxygen atoms in total. The van der Waals surface area contributed by atoms with Gasteiger partial charge in [0.1, 0.15) is 0 Å². The summed E-state index contributed by atoms with van der Waals surface area (Å²) in [6, 6.07) is 2.15. The Morgan fingerprint density at radius 1 is 1.67 bits per heavy atom. The van der Waals surface area contributed by atoms with Gasteiger partial charge in [0, 0.05) is 11.2 Å². The number of hydrogen-bond acceptors (Lipinski definition) is 1. The van der Waals surface area contributed by atoms with E-state index in [0.717, 1.165) is 12.3 Å². The minimum atomic E-state index is 0.622. The molecule has 0 saturated heterocycles. The van der Waals surface area contributed by atoms with E-state index in [-0.39, 0.29) is 0 Å². The summed E-state index contributed by atoms with van der Waals surface area (Å²) in [7, 11) is 0. The van der Waals surface area contributed by atoms with E-state index in [0.29, 0.717) is 11.2 Å². The van der Waals surface area contributed by atoms with Crippen LogP contribution in [0.15, 0.2) is 0 Å². The Hall–Kier alpha value is -0.0300. The Bertz CT molecular complexity index is 123. The third-order valence-corrected chi connectivity index (χ3v) is 2.87. The van der Waals surface area contributed by atoms with Crippen molar-refractivity contribution in [3.63, 3.8) is 0 Å². The molecule has 1 unspecified atom stereocenters. The molecule has 0 spiro atoms. The normalized spacial score (nSPS) is 20.9. The van der Waals surface area contributed by atoms with Crippen molar-refractivity contribution in [1.29, 1.82) is 5.26 Å². The van der Waals surface area contributed by atoms with E-state index in [1.807, 2.05) is 0 Å². The molecule has 1 aliphatic carbocycles. The van der Waals surface area contributed by atoms with Crippen molar-refractivity contribution in [2.24, 2.45) is 5.92 Å². The van der Waals surface area contributed by atoms with Gasteiger partial charge < -0.3 is 0 Å². The summed E-state index contributed by atoms with van der Waals surface area (Å²) in [4.78, 5) is 0.622. The second-order valence-electron chi connectivity index (χ2n) is 2.55. The van der Waals surface area contributed by atoms with Gasteiger partial charge in [-0.25, -0.2) is 0 Å². The van der Waals surface area contributed by atoms with Crippen LogP contribution in [0.5, 0.6) is 0 Å². The zero-order valence-corrected chi connectivity index (χ0v) is 6.89. The fourth-order valence-electron chi connectivity index (χ4n) is 0.896. The van der Waals surface area contributed by atoms with E-state index in [2.05, 4.69) is 22.0 Å². The number of nitriles is 1. The van der Waals surface area contributed by atoms with Gasteiger partial charge in [-0.2, -0.15) is 5.26 Å². The van der Waals surface area contributed by atoms with Crippen LogP contribution < -0.4 is 0 Å². The predicted octanol–water partition coefficient (Wildman–Crippen LogP) is 2.46. The highest BCUT2D eigenvalue weighted by Crippen LogP contribution is 2.38. The van der Waals surface area contributed by atoms with E-state index in [1.54, 1.807) is 0 Å². The molecule has 1 atom stereocenters. The largest absolute Gasteiger partial charge is 0.198 e. The SMILES string of the molecule is N#CCCC(Br)C1CC1. The van der Waals surface area contributed by atoms with Gasteiger partial charge in [-0.15, -0.1) is 0 Å². The van der Waals surface area contributed by atoms with Crippen LogP contribution >= 0.6 is 15.9 Å². The second kappa shape index (κ2) is 3.22. The van der Waals surface area contributed by atoms with Gasteiger partial charge in [0.2, 0.25) is 0 Å². The fraction of sp³-hybridized carbons (Fsp3) is 0.857. The van der Waals surface area contributed by atoms with Crippen molar-refractivity contribution in [3.8, 4) is 6.07 Å². The van der Waals surface area contributed by atoms with Gasteiger partial charge in [-0.05, 0) is 25.2 Å². The highest BCUT2D eigenvalue weighted by molar-refractivity contribution is 9.09. The van der Waals surface area contributed by atoms with E-state index < -0.39 is 0 Å². The number of rotatable bonds is 3. The van der Waals surface area contributed by atoms with E-state index in [9.17, 15) is 0 Å². The Morgan fingerprint density at radius 3 is 2.78 bits per heavy atom. The number of halogens is 1. The topological polar surface area (TPSA) is 23.8 Å². The maximum Gasteiger partial charge on any atom is 0.0622 e. The molecular weight excluding hydrogens is 178 g/mol. The molecule has 0 heterocycles. The summed E-state index contributed by atoms with van der Waals surface area (Å²) in [5, 5.41) is 8.25. The van der Waals surface area contributed by atoms with E-state index >= 15 is 0 Å². The third kappa shape index (κ3) is 2.36. The smallest absolute Gasteiger partial charge is 0.0622 e. The highest BCUT2D eigenvalue weighted by Gasteiger charge is 2.28. The summed E-state index contributed by atoms with van der Waals surface area (Å²) < 4.78 is 0. The molecule has 0 N–H and O–H groups in total. The first-order valence-electron chi connectivity index (χ1n) is 3.35. The monoisotopic (exact) mass is 187 g/mol. The molecule has 0 bridgehead atoms. The quantitative estimate of drug-likeness (QED) is 0.624. The summed E-state index contributed by atoms with van der Waals surface area (Å²) in [6.45, 7) is 0. The van der Waals surface area contributed by atoms with Crippen molar-refractivity contribution < 1.29 is 0 Å². The average molecular weight is 188 g/mol. The molecule has 0 aromatic heterocycles. The van der Waals surface area contributed by atoms with Crippen LogP contribution in [0.2, 0.25) is 0 Å². The molecule has 0 radical (unpaired) electrons. The maximum atomic E-state index is 8.25. The number of nitrogens with zero attached hydrogens (tertiary/aromatic N) is 1. The predicted molar refractivity (Wildman–Crippen MR) is 40.3 cm³/mol. The van der Waals surface area contributed by atoms with Crippen molar-refractivity contribution in [2.75, 3.05) is 0 Å². The summed E-state index contributed by atoms with van der Waals surface area (Å²) in [5.41, 5.74) is 0. The van der Waals surface area contributed by atoms with Gasteiger partial charge in [-0.3, -0.25) is 0 Å². The second-order valence-corrected chi connectivity index (χ2v) is 3.73. The van der Waals surface area contributed by atoms with Crippen LogP contribution in [0.4, 0.5) is 0 Å². The first-order chi connectivity index (χ1) is 4.34. The minimum Gasteiger partial charge on any atom is -0.198 e. The van der Waals surface area contributed by atoms with Gasteiger partial charge >= 0.3 is 0 Å². The van der Waals surface area contributed by atoms with Crippen LogP contribution in [0, 0.1) is 17.2 Å². The molecule has 1 aliphatic rings. The summed E-state index contributed by atoms with van der Waals surface area (Å²) >= 11 is 3.55. The number of hydrogen-bond donors (Lipinski definition) is 0. The third-order valence-electron chi connectivity index (χ3n) is 1.67.